The fraction of sp³-hybridized carbons (Fsp3) is 1.00. The van der Waals surface area contributed by atoms with Gasteiger partial charge in [0.2, 0.25) is 0 Å². The highest BCUT2D eigenvalue weighted by Crippen LogP contribution is 2.13. The third-order valence-corrected chi connectivity index (χ3v) is 4.49. The Bertz CT molecular complexity index is 326. The standard InChI is InChI=1S/C26H54O5/c1-25(2,3)24-30-22-15-14-21-29-20-13-12-19-28-18-11-10-17-27-16-8-7-9-23-31-26(4,5)6/h7-24H2,1-6H3. The molecule has 0 bridgehead atoms. The minimum Gasteiger partial charge on any atom is -0.381 e. The normalized spacial score (nSPS) is 12.6. The van der Waals surface area contributed by atoms with Gasteiger partial charge in [-0.3, -0.25) is 0 Å². The largest absolute Gasteiger partial charge is 0.381 e. The highest BCUT2D eigenvalue weighted by atomic mass is 16.5. The summed E-state index contributed by atoms with van der Waals surface area (Å²) in [5, 5.41) is 0. The van der Waals surface area contributed by atoms with Crippen molar-refractivity contribution >= 4 is 0 Å². The van der Waals surface area contributed by atoms with Gasteiger partial charge in [0.1, 0.15) is 0 Å². The molecule has 0 aromatic heterocycles. The van der Waals surface area contributed by atoms with Crippen molar-refractivity contribution in [2.75, 3.05) is 59.5 Å². The van der Waals surface area contributed by atoms with Crippen LogP contribution in [0.3, 0.4) is 0 Å². The van der Waals surface area contributed by atoms with Crippen LogP contribution < -0.4 is 0 Å². The molecule has 5 nitrogen and oxygen atoms in total. The minimum atomic E-state index is -0.0199. The molecule has 0 aromatic rings. The summed E-state index contributed by atoms with van der Waals surface area (Å²) in [7, 11) is 0. The predicted octanol–water partition coefficient (Wildman–Crippen LogP) is 6.42. The van der Waals surface area contributed by atoms with E-state index in [0.717, 1.165) is 111 Å². The Kier molecular flexibility index (Phi) is 20.3. The van der Waals surface area contributed by atoms with Gasteiger partial charge in [0.05, 0.1) is 12.2 Å². The molecule has 0 aliphatic rings. The molecule has 0 rings (SSSR count). The van der Waals surface area contributed by atoms with Crippen LogP contribution in [-0.4, -0.2) is 65.1 Å². The lowest BCUT2D eigenvalue weighted by atomic mass is 9.99. The van der Waals surface area contributed by atoms with E-state index in [0.29, 0.717) is 0 Å². The van der Waals surface area contributed by atoms with E-state index < -0.39 is 0 Å². The molecule has 0 radical (unpaired) electrons. The van der Waals surface area contributed by atoms with Crippen LogP contribution >= 0.6 is 0 Å². The van der Waals surface area contributed by atoms with Crippen molar-refractivity contribution in [3.05, 3.63) is 0 Å². The van der Waals surface area contributed by atoms with Crippen molar-refractivity contribution in [3.63, 3.8) is 0 Å². The first kappa shape index (κ1) is 30.8. The summed E-state index contributed by atoms with van der Waals surface area (Å²) in [6.07, 6.45) is 9.87. The Labute approximate surface area is 193 Å². The summed E-state index contributed by atoms with van der Waals surface area (Å²) < 4.78 is 28.4. The van der Waals surface area contributed by atoms with Crippen molar-refractivity contribution in [2.24, 2.45) is 5.41 Å². The maximum atomic E-state index is 5.71. The quantitative estimate of drug-likeness (QED) is 0.179. The molecule has 0 N–H and O–H groups in total. The molecule has 0 atom stereocenters. The number of hydrogen-bond acceptors (Lipinski definition) is 5. The SMILES string of the molecule is CC(C)(C)COCCCCOCCCCOCCCCOCCCCCOC(C)(C)C. The number of ether oxygens (including phenoxy) is 5. The van der Waals surface area contributed by atoms with Crippen LogP contribution in [0.25, 0.3) is 0 Å². The zero-order chi connectivity index (χ0) is 23.3. The van der Waals surface area contributed by atoms with Gasteiger partial charge in [-0.2, -0.15) is 0 Å². The fourth-order valence-corrected chi connectivity index (χ4v) is 2.77. The second-order valence-electron chi connectivity index (χ2n) is 10.6. The average Bonchev–Trinajstić information content (AvgIpc) is 2.67. The molecule has 31 heavy (non-hydrogen) atoms. The number of hydrogen-bond donors (Lipinski definition) is 0. The van der Waals surface area contributed by atoms with E-state index in [2.05, 4.69) is 41.5 Å². The van der Waals surface area contributed by atoms with E-state index in [1.54, 1.807) is 0 Å². The van der Waals surface area contributed by atoms with E-state index in [1.165, 1.54) is 6.42 Å². The lowest BCUT2D eigenvalue weighted by molar-refractivity contribution is -0.00538. The molecular formula is C26H54O5. The van der Waals surface area contributed by atoms with E-state index >= 15 is 0 Å². The third kappa shape index (κ3) is 29.8. The lowest BCUT2D eigenvalue weighted by Crippen LogP contribution is -2.19. The molecule has 0 fully saturated rings. The second-order valence-corrected chi connectivity index (χ2v) is 10.6. The van der Waals surface area contributed by atoms with Gasteiger partial charge < -0.3 is 23.7 Å². The van der Waals surface area contributed by atoms with Gasteiger partial charge in [-0.25, -0.2) is 0 Å². The van der Waals surface area contributed by atoms with E-state index in [9.17, 15) is 0 Å². The molecule has 0 aliphatic heterocycles. The lowest BCUT2D eigenvalue weighted by Gasteiger charge is -2.19. The molecular weight excluding hydrogens is 392 g/mol. The Morgan fingerprint density at radius 3 is 1.06 bits per heavy atom. The Balaban J connectivity index is 3.07. The van der Waals surface area contributed by atoms with E-state index in [4.69, 9.17) is 23.7 Å². The summed E-state index contributed by atoms with van der Waals surface area (Å²) in [6.45, 7) is 20.5. The molecule has 0 unspecified atom stereocenters. The summed E-state index contributed by atoms with van der Waals surface area (Å²) in [5.41, 5.74) is 0.238. The van der Waals surface area contributed by atoms with Gasteiger partial charge >= 0.3 is 0 Å². The van der Waals surface area contributed by atoms with Crippen molar-refractivity contribution in [1.82, 2.24) is 0 Å². The first-order valence-electron chi connectivity index (χ1n) is 12.7. The molecule has 0 aromatic carbocycles. The zero-order valence-corrected chi connectivity index (χ0v) is 21.8. The van der Waals surface area contributed by atoms with Crippen LogP contribution in [0.1, 0.15) is 99.3 Å². The van der Waals surface area contributed by atoms with Crippen LogP contribution in [0.5, 0.6) is 0 Å². The molecule has 0 aliphatic carbocycles. The number of rotatable bonds is 22. The molecule has 5 heteroatoms. The molecule has 0 heterocycles. The maximum absolute atomic E-state index is 5.71. The molecule has 0 saturated carbocycles. The van der Waals surface area contributed by atoms with Gasteiger partial charge in [-0.1, -0.05) is 20.8 Å². The fourth-order valence-electron chi connectivity index (χ4n) is 2.77. The Hall–Kier alpha value is -0.200. The van der Waals surface area contributed by atoms with Gasteiger partial charge in [0, 0.05) is 52.9 Å². The van der Waals surface area contributed by atoms with Crippen LogP contribution in [0, 0.1) is 5.41 Å². The van der Waals surface area contributed by atoms with E-state index in [1.807, 2.05) is 0 Å². The zero-order valence-electron chi connectivity index (χ0n) is 21.8. The topological polar surface area (TPSA) is 46.2 Å². The maximum Gasteiger partial charge on any atom is 0.0598 e. The summed E-state index contributed by atoms with van der Waals surface area (Å²) in [6, 6.07) is 0. The van der Waals surface area contributed by atoms with Crippen LogP contribution in [0.2, 0.25) is 0 Å². The third-order valence-electron chi connectivity index (χ3n) is 4.49. The summed E-state index contributed by atoms with van der Waals surface area (Å²) in [4.78, 5) is 0. The highest BCUT2D eigenvalue weighted by molar-refractivity contribution is 4.59. The monoisotopic (exact) mass is 446 g/mol. The van der Waals surface area contributed by atoms with Crippen molar-refractivity contribution in [1.29, 1.82) is 0 Å². The predicted molar refractivity (Wildman–Crippen MR) is 130 cm³/mol. The molecule has 0 spiro atoms. The van der Waals surface area contributed by atoms with Gasteiger partial charge in [-0.15, -0.1) is 0 Å². The number of unbranched alkanes of at least 4 members (excludes halogenated alkanes) is 5. The van der Waals surface area contributed by atoms with E-state index in [-0.39, 0.29) is 11.0 Å². The average molecular weight is 447 g/mol. The van der Waals surface area contributed by atoms with Crippen molar-refractivity contribution < 1.29 is 23.7 Å². The minimum absolute atomic E-state index is 0.0199. The smallest absolute Gasteiger partial charge is 0.0598 e. The first-order valence-corrected chi connectivity index (χ1v) is 12.7. The van der Waals surface area contributed by atoms with Gasteiger partial charge in [0.25, 0.3) is 0 Å². The van der Waals surface area contributed by atoms with Gasteiger partial charge in [0.15, 0.2) is 0 Å². The second kappa shape index (κ2) is 20.4. The highest BCUT2D eigenvalue weighted by Gasteiger charge is 2.09. The van der Waals surface area contributed by atoms with Gasteiger partial charge in [-0.05, 0) is 84.0 Å². The summed E-state index contributed by atoms with van der Waals surface area (Å²) in [5.74, 6) is 0. The van der Waals surface area contributed by atoms with Crippen molar-refractivity contribution in [3.8, 4) is 0 Å². The molecule has 0 saturated heterocycles. The Morgan fingerprint density at radius 2 is 0.710 bits per heavy atom. The van der Waals surface area contributed by atoms with Crippen LogP contribution in [0.15, 0.2) is 0 Å². The molecule has 0 amide bonds. The molecule has 188 valence electrons. The van der Waals surface area contributed by atoms with Crippen LogP contribution in [0.4, 0.5) is 0 Å². The van der Waals surface area contributed by atoms with Crippen LogP contribution in [-0.2, 0) is 23.7 Å². The summed E-state index contributed by atoms with van der Waals surface area (Å²) >= 11 is 0. The first-order chi connectivity index (χ1) is 14.7. The Morgan fingerprint density at radius 1 is 0.387 bits per heavy atom. The van der Waals surface area contributed by atoms with Crippen molar-refractivity contribution in [2.45, 2.75) is 105 Å².